The zero-order valence-electron chi connectivity index (χ0n) is 16.7. The fraction of sp³-hybridized carbons (Fsp3) is 0.318. The van der Waals surface area contributed by atoms with Gasteiger partial charge in [-0.05, 0) is 60.0 Å². The van der Waals surface area contributed by atoms with Crippen LogP contribution in [0.1, 0.15) is 38.1 Å². The van der Waals surface area contributed by atoms with Crippen LogP contribution in [-0.4, -0.2) is 37.9 Å². The zero-order chi connectivity index (χ0) is 20.6. The average Bonchev–Trinajstić information content (AvgIpc) is 3.03. The molecule has 0 spiro atoms. The number of hydrogen-bond donors (Lipinski definition) is 0. The van der Waals surface area contributed by atoms with Gasteiger partial charge in [0.05, 0.1) is 12.2 Å². The Kier molecular flexibility index (Phi) is 5.17. The Bertz CT molecular complexity index is 1010. The first-order chi connectivity index (χ1) is 13.8. The minimum absolute atomic E-state index is 0.304. The van der Waals surface area contributed by atoms with E-state index in [0.29, 0.717) is 13.1 Å². The molecule has 1 amide bonds. The number of hydrogen-bond acceptors (Lipinski definition) is 4. The molecule has 150 valence electrons. The first-order valence-electron chi connectivity index (χ1n) is 9.56. The van der Waals surface area contributed by atoms with E-state index in [1.165, 1.54) is 0 Å². The standard InChI is InChI=1S/C22H23BrN4O2/c1-22(2,3)29-21(28)26-13-14-27-19(18(26)16-7-5-4-6-8-16)17(20(23)25-27)15-9-11-24-12-10-15/h4-12,18H,13-14H2,1-3H3. The molecule has 7 heteroatoms. The molecule has 4 rings (SSSR count). The predicted octanol–water partition coefficient (Wildman–Crippen LogP) is 5.05. The van der Waals surface area contributed by atoms with Crippen LogP contribution in [0.15, 0.2) is 59.5 Å². The normalized spacial score (nSPS) is 16.4. The highest BCUT2D eigenvalue weighted by Gasteiger charge is 2.38. The predicted molar refractivity (Wildman–Crippen MR) is 114 cm³/mol. The van der Waals surface area contributed by atoms with Crippen LogP contribution in [0.5, 0.6) is 0 Å². The molecular formula is C22H23BrN4O2. The number of pyridine rings is 1. The molecule has 3 heterocycles. The van der Waals surface area contributed by atoms with Crippen LogP contribution in [0.2, 0.25) is 0 Å². The molecule has 0 aliphatic carbocycles. The number of amides is 1. The summed E-state index contributed by atoms with van der Waals surface area (Å²) in [5.41, 5.74) is 3.38. The van der Waals surface area contributed by atoms with E-state index in [4.69, 9.17) is 9.84 Å². The van der Waals surface area contributed by atoms with E-state index in [0.717, 1.165) is 27.0 Å². The summed E-state index contributed by atoms with van der Waals surface area (Å²) in [6.07, 6.45) is 3.20. The largest absolute Gasteiger partial charge is 0.444 e. The van der Waals surface area contributed by atoms with Crippen LogP contribution < -0.4 is 0 Å². The number of halogens is 1. The van der Waals surface area contributed by atoms with Gasteiger partial charge in [-0.2, -0.15) is 5.10 Å². The van der Waals surface area contributed by atoms with Crippen molar-refractivity contribution >= 4 is 22.0 Å². The summed E-state index contributed by atoms with van der Waals surface area (Å²) in [5, 5.41) is 4.71. The zero-order valence-corrected chi connectivity index (χ0v) is 18.3. The molecule has 1 unspecified atom stereocenters. The topological polar surface area (TPSA) is 60.2 Å². The second-order valence-electron chi connectivity index (χ2n) is 8.00. The number of benzene rings is 1. The summed E-state index contributed by atoms with van der Waals surface area (Å²) in [6, 6.07) is 13.6. The summed E-state index contributed by atoms with van der Waals surface area (Å²) in [4.78, 5) is 19.0. The van der Waals surface area contributed by atoms with Gasteiger partial charge in [-0.25, -0.2) is 4.79 Å². The Balaban J connectivity index is 1.88. The molecule has 1 atom stereocenters. The van der Waals surface area contributed by atoms with Crippen LogP contribution in [0, 0.1) is 0 Å². The van der Waals surface area contributed by atoms with E-state index in [-0.39, 0.29) is 12.1 Å². The van der Waals surface area contributed by atoms with Crippen LogP contribution in [0.4, 0.5) is 4.79 Å². The second kappa shape index (κ2) is 7.63. The number of fused-ring (bicyclic) bond motifs is 1. The number of nitrogens with zero attached hydrogens (tertiary/aromatic N) is 4. The Morgan fingerprint density at radius 2 is 1.79 bits per heavy atom. The van der Waals surface area contributed by atoms with Crippen molar-refractivity contribution in [2.45, 2.75) is 39.0 Å². The van der Waals surface area contributed by atoms with Gasteiger partial charge in [-0.15, -0.1) is 0 Å². The molecule has 0 radical (unpaired) electrons. The van der Waals surface area contributed by atoms with E-state index < -0.39 is 5.60 Å². The average molecular weight is 455 g/mol. The lowest BCUT2D eigenvalue weighted by Crippen LogP contribution is -2.45. The van der Waals surface area contributed by atoms with Gasteiger partial charge in [0, 0.05) is 24.5 Å². The molecule has 1 aromatic carbocycles. The van der Waals surface area contributed by atoms with Crippen molar-refractivity contribution in [2.75, 3.05) is 6.54 Å². The summed E-state index contributed by atoms with van der Waals surface area (Å²) < 4.78 is 8.47. The van der Waals surface area contributed by atoms with Gasteiger partial charge in [-0.1, -0.05) is 30.3 Å². The molecular weight excluding hydrogens is 432 g/mol. The Morgan fingerprint density at radius 3 is 2.45 bits per heavy atom. The van der Waals surface area contributed by atoms with Crippen LogP contribution in [0.3, 0.4) is 0 Å². The van der Waals surface area contributed by atoms with Crippen molar-refractivity contribution in [1.29, 1.82) is 0 Å². The molecule has 1 aliphatic rings. The summed E-state index contributed by atoms with van der Waals surface area (Å²) >= 11 is 3.63. The van der Waals surface area contributed by atoms with Gasteiger partial charge >= 0.3 is 6.09 Å². The Labute approximate surface area is 178 Å². The van der Waals surface area contributed by atoms with Crippen molar-refractivity contribution in [3.05, 3.63) is 70.7 Å². The van der Waals surface area contributed by atoms with E-state index >= 15 is 0 Å². The van der Waals surface area contributed by atoms with Gasteiger partial charge in [0.2, 0.25) is 0 Å². The maximum Gasteiger partial charge on any atom is 0.411 e. The third-order valence-electron chi connectivity index (χ3n) is 4.78. The molecule has 2 aromatic heterocycles. The molecule has 3 aromatic rings. The van der Waals surface area contributed by atoms with E-state index in [1.54, 1.807) is 17.3 Å². The monoisotopic (exact) mass is 454 g/mol. The molecule has 0 N–H and O–H groups in total. The lowest BCUT2D eigenvalue weighted by molar-refractivity contribution is 0.0142. The maximum atomic E-state index is 13.1. The van der Waals surface area contributed by atoms with Gasteiger partial charge in [0.25, 0.3) is 0 Å². The first-order valence-corrected chi connectivity index (χ1v) is 10.4. The molecule has 0 bridgehead atoms. The summed E-state index contributed by atoms with van der Waals surface area (Å²) in [7, 11) is 0. The van der Waals surface area contributed by atoms with Crippen molar-refractivity contribution in [3.63, 3.8) is 0 Å². The highest BCUT2D eigenvalue weighted by molar-refractivity contribution is 9.10. The van der Waals surface area contributed by atoms with E-state index in [9.17, 15) is 4.79 Å². The summed E-state index contributed by atoms with van der Waals surface area (Å²) in [6.45, 7) is 6.77. The number of carbonyl (C=O) groups is 1. The van der Waals surface area contributed by atoms with Gasteiger partial charge < -0.3 is 4.74 Å². The van der Waals surface area contributed by atoms with Crippen LogP contribution >= 0.6 is 15.9 Å². The summed E-state index contributed by atoms with van der Waals surface area (Å²) in [5.74, 6) is 0. The molecule has 1 aliphatic heterocycles. The lowest BCUT2D eigenvalue weighted by Gasteiger charge is -2.38. The van der Waals surface area contributed by atoms with Gasteiger partial charge in [0.15, 0.2) is 0 Å². The highest BCUT2D eigenvalue weighted by Crippen LogP contribution is 2.42. The number of carbonyl (C=O) groups excluding carboxylic acids is 1. The Hall–Kier alpha value is -2.67. The minimum atomic E-state index is -0.565. The first kappa shape index (κ1) is 19.6. The molecule has 0 fully saturated rings. The van der Waals surface area contributed by atoms with Crippen molar-refractivity contribution in [1.82, 2.24) is 19.7 Å². The van der Waals surface area contributed by atoms with Gasteiger partial charge in [-0.3, -0.25) is 14.6 Å². The van der Waals surface area contributed by atoms with Crippen molar-refractivity contribution in [2.24, 2.45) is 0 Å². The van der Waals surface area contributed by atoms with E-state index in [2.05, 4.69) is 20.9 Å². The van der Waals surface area contributed by atoms with Gasteiger partial charge in [0.1, 0.15) is 16.2 Å². The highest BCUT2D eigenvalue weighted by atomic mass is 79.9. The van der Waals surface area contributed by atoms with E-state index in [1.807, 2.05) is 67.9 Å². The SMILES string of the molecule is CC(C)(C)OC(=O)N1CCn2nc(Br)c(-c3ccncc3)c2C1c1ccccc1. The third-order valence-corrected chi connectivity index (χ3v) is 5.34. The Morgan fingerprint density at radius 1 is 1.10 bits per heavy atom. The van der Waals surface area contributed by atoms with Crippen LogP contribution in [-0.2, 0) is 11.3 Å². The van der Waals surface area contributed by atoms with Crippen molar-refractivity contribution in [3.8, 4) is 11.1 Å². The molecule has 0 saturated carbocycles. The number of aromatic nitrogens is 3. The lowest BCUT2D eigenvalue weighted by atomic mass is 9.95. The van der Waals surface area contributed by atoms with Crippen LogP contribution in [0.25, 0.3) is 11.1 Å². The number of ether oxygens (including phenoxy) is 1. The fourth-order valence-corrected chi connectivity index (χ4v) is 4.27. The quantitative estimate of drug-likeness (QED) is 0.543. The number of rotatable bonds is 2. The third kappa shape index (κ3) is 3.92. The minimum Gasteiger partial charge on any atom is -0.444 e. The second-order valence-corrected chi connectivity index (χ2v) is 8.75. The van der Waals surface area contributed by atoms with Crippen molar-refractivity contribution < 1.29 is 9.53 Å². The maximum absolute atomic E-state index is 13.1. The molecule has 6 nitrogen and oxygen atoms in total. The smallest absolute Gasteiger partial charge is 0.411 e. The molecule has 0 saturated heterocycles. The molecule has 29 heavy (non-hydrogen) atoms. The fourth-order valence-electron chi connectivity index (χ4n) is 3.65.